The minimum Gasteiger partial charge on any atom is -0.388 e. The van der Waals surface area contributed by atoms with Crippen molar-refractivity contribution in [2.24, 2.45) is 0 Å². The minimum absolute atomic E-state index is 0.255. The first-order chi connectivity index (χ1) is 8.16. The van der Waals surface area contributed by atoms with Crippen LogP contribution in [0.2, 0.25) is 0 Å². The van der Waals surface area contributed by atoms with Crippen molar-refractivity contribution in [2.75, 3.05) is 13.1 Å². The average Bonchev–Trinajstić information content (AvgIpc) is 2.73. The number of rotatable bonds is 4. The molecule has 2 rings (SSSR count). The number of hydrogen-bond donors (Lipinski definition) is 1. The van der Waals surface area contributed by atoms with Crippen LogP contribution in [-0.2, 0) is 0 Å². The number of aliphatic hydroxyl groups is 1. The van der Waals surface area contributed by atoms with Crippen LogP contribution in [0.3, 0.4) is 0 Å². The van der Waals surface area contributed by atoms with E-state index in [1.807, 2.05) is 0 Å². The van der Waals surface area contributed by atoms with Gasteiger partial charge in [0.05, 0.1) is 6.10 Å². The Kier molecular flexibility index (Phi) is 4.13. The molecule has 17 heavy (non-hydrogen) atoms. The molecule has 2 atom stereocenters. The molecule has 1 aliphatic rings. The van der Waals surface area contributed by atoms with Gasteiger partial charge in [-0.15, -0.1) is 0 Å². The van der Waals surface area contributed by atoms with E-state index in [4.69, 9.17) is 0 Å². The van der Waals surface area contributed by atoms with E-state index in [2.05, 4.69) is 11.8 Å². The quantitative estimate of drug-likeness (QED) is 0.870. The largest absolute Gasteiger partial charge is 0.388 e. The lowest BCUT2D eigenvalue weighted by molar-refractivity contribution is 0.140. The van der Waals surface area contributed by atoms with Crippen molar-refractivity contribution in [3.8, 4) is 0 Å². The zero-order valence-corrected chi connectivity index (χ0v) is 10.3. The van der Waals surface area contributed by atoms with Crippen molar-refractivity contribution in [1.29, 1.82) is 0 Å². The van der Waals surface area contributed by atoms with E-state index < -0.39 is 6.10 Å². The third-order valence-corrected chi connectivity index (χ3v) is 3.64. The van der Waals surface area contributed by atoms with Crippen molar-refractivity contribution >= 4 is 0 Å². The van der Waals surface area contributed by atoms with Crippen LogP contribution in [0.5, 0.6) is 0 Å². The van der Waals surface area contributed by atoms with Crippen LogP contribution in [0, 0.1) is 5.82 Å². The Bertz CT molecular complexity index is 352. The number of hydrogen-bond acceptors (Lipinski definition) is 2. The molecule has 0 aromatic heterocycles. The van der Waals surface area contributed by atoms with Gasteiger partial charge in [-0.3, -0.25) is 0 Å². The average molecular weight is 237 g/mol. The third kappa shape index (κ3) is 3.27. The first-order valence-electron chi connectivity index (χ1n) is 6.34. The maximum Gasteiger partial charge on any atom is 0.123 e. The predicted molar refractivity (Wildman–Crippen MR) is 66.2 cm³/mol. The van der Waals surface area contributed by atoms with E-state index in [1.54, 1.807) is 12.1 Å². The van der Waals surface area contributed by atoms with E-state index >= 15 is 0 Å². The molecule has 1 aromatic rings. The van der Waals surface area contributed by atoms with Gasteiger partial charge >= 0.3 is 0 Å². The normalized spacial score (nSPS) is 22.9. The summed E-state index contributed by atoms with van der Waals surface area (Å²) in [4.78, 5) is 2.41. The van der Waals surface area contributed by atoms with Crippen molar-refractivity contribution in [3.05, 3.63) is 35.6 Å². The van der Waals surface area contributed by atoms with Crippen molar-refractivity contribution in [3.63, 3.8) is 0 Å². The Morgan fingerprint density at radius 3 is 2.71 bits per heavy atom. The maximum absolute atomic E-state index is 12.7. The summed E-state index contributed by atoms with van der Waals surface area (Å²) in [6, 6.07) is 6.75. The fourth-order valence-corrected chi connectivity index (χ4v) is 2.46. The Labute approximate surface area is 102 Å². The molecule has 2 nitrogen and oxygen atoms in total. The Morgan fingerprint density at radius 2 is 2.12 bits per heavy atom. The van der Waals surface area contributed by atoms with Gasteiger partial charge in [-0.2, -0.15) is 0 Å². The van der Waals surface area contributed by atoms with E-state index in [1.165, 1.54) is 25.0 Å². The lowest BCUT2D eigenvalue weighted by atomic mass is 10.1. The smallest absolute Gasteiger partial charge is 0.123 e. The molecule has 0 aliphatic carbocycles. The lowest BCUT2D eigenvalue weighted by Gasteiger charge is -2.22. The fourth-order valence-electron chi connectivity index (χ4n) is 2.46. The molecule has 1 aliphatic heterocycles. The van der Waals surface area contributed by atoms with Crippen molar-refractivity contribution in [2.45, 2.75) is 38.3 Å². The standard InChI is InChI=1S/C14H20FNO/c1-11-3-2-9-16(11)10-8-14(17)12-4-6-13(15)7-5-12/h4-7,11,14,17H,2-3,8-10H2,1H3. The lowest BCUT2D eigenvalue weighted by Crippen LogP contribution is -2.28. The van der Waals surface area contributed by atoms with Gasteiger partial charge in [0.1, 0.15) is 5.82 Å². The summed E-state index contributed by atoms with van der Waals surface area (Å²) in [6.45, 7) is 4.29. The molecule has 0 radical (unpaired) electrons. The summed E-state index contributed by atoms with van der Waals surface area (Å²) >= 11 is 0. The van der Waals surface area contributed by atoms with Crippen LogP contribution in [0.4, 0.5) is 4.39 Å². The zero-order valence-electron chi connectivity index (χ0n) is 10.3. The van der Waals surface area contributed by atoms with Gasteiger partial charge in [-0.25, -0.2) is 4.39 Å². The molecule has 1 aromatic carbocycles. The highest BCUT2D eigenvalue weighted by atomic mass is 19.1. The van der Waals surface area contributed by atoms with Gasteiger partial charge < -0.3 is 10.0 Å². The second-order valence-corrected chi connectivity index (χ2v) is 4.88. The summed E-state index contributed by atoms with van der Waals surface area (Å²) < 4.78 is 12.7. The van der Waals surface area contributed by atoms with Gasteiger partial charge in [0, 0.05) is 12.6 Å². The molecule has 2 unspecified atom stereocenters. The molecule has 0 bridgehead atoms. The van der Waals surface area contributed by atoms with Crippen LogP contribution >= 0.6 is 0 Å². The molecule has 1 fully saturated rings. The zero-order chi connectivity index (χ0) is 12.3. The molecule has 0 spiro atoms. The summed E-state index contributed by atoms with van der Waals surface area (Å²) in [6.07, 6.45) is 2.75. The highest BCUT2D eigenvalue weighted by Gasteiger charge is 2.20. The maximum atomic E-state index is 12.7. The number of nitrogens with zero attached hydrogens (tertiary/aromatic N) is 1. The third-order valence-electron chi connectivity index (χ3n) is 3.64. The van der Waals surface area contributed by atoms with E-state index in [0.29, 0.717) is 6.04 Å². The monoisotopic (exact) mass is 237 g/mol. The van der Waals surface area contributed by atoms with Gasteiger partial charge in [0.2, 0.25) is 0 Å². The molecule has 94 valence electrons. The predicted octanol–water partition coefficient (Wildman–Crippen LogP) is 2.73. The Hall–Kier alpha value is -0.930. The molecular formula is C14H20FNO. The van der Waals surface area contributed by atoms with Crippen LogP contribution < -0.4 is 0 Å². The Balaban J connectivity index is 1.84. The first kappa shape index (κ1) is 12.5. The van der Waals surface area contributed by atoms with E-state index in [-0.39, 0.29) is 5.82 Å². The molecule has 1 heterocycles. The second kappa shape index (κ2) is 5.61. The number of benzene rings is 1. The van der Waals surface area contributed by atoms with Crippen LogP contribution in [0.15, 0.2) is 24.3 Å². The minimum atomic E-state index is -0.483. The summed E-state index contributed by atoms with van der Waals surface area (Å²) in [5.74, 6) is -0.255. The highest BCUT2D eigenvalue weighted by Crippen LogP contribution is 2.21. The van der Waals surface area contributed by atoms with Gasteiger partial charge in [0.15, 0.2) is 0 Å². The second-order valence-electron chi connectivity index (χ2n) is 4.88. The SMILES string of the molecule is CC1CCCN1CCC(O)c1ccc(F)cc1. The molecule has 3 heteroatoms. The highest BCUT2D eigenvalue weighted by molar-refractivity contribution is 5.18. The van der Waals surface area contributed by atoms with Crippen LogP contribution in [0.25, 0.3) is 0 Å². The number of likely N-dealkylation sites (tertiary alicyclic amines) is 1. The number of halogens is 1. The van der Waals surface area contributed by atoms with Crippen molar-refractivity contribution in [1.82, 2.24) is 4.90 Å². The summed E-state index contributed by atoms with van der Waals surface area (Å²) in [5, 5.41) is 10.0. The van der Waals surface area contributed by atoms with E-state index in [0.717, 1.165) is 25.1 Å². The molecule has 0 saturated carbocycles. The molecule has 1 N–H and O–H groups in total. The van der Waals surface area contributed by atoms with Crippen LogP contribution in [0.1, 0.15) is 37.9 Å². The molecule has 1 saturated heterocycles. The first-order valence-corrected chi connectivity index (χ1v) is 6.34. The van der Waals surface area contributed by atoms with Gasteiger partial charge in [0.25, 0.3) is 0 Å². The van der Waals surface area contributed by atoms with Crippen LogP contribution in [-0.4, -0.2) is 29.1 Å². The fraction of sp³-hybridized carbons (Fsp3) is 0.571. The summed E-state index contributed by atoms with van der Waals surface area (Å²) in [5.41, 5.74) is 0.804. The van der Waals surface area contributed by atoms with Gasteiger partial charge in [-0.05, 0) is 50.4 Å². The summed E-state index contributed by atoms with van der Waals surface area (Å²) in [7, 11) is 0. The topological polar surface area (TPSA) is 23.5 Å². The van der Waals surface area contributed by atoms with Crippen molar-refractivity contribution < 1.29 is 9.50 Å². The van der Waals surface area contributed by atoms with E-state index in [9.17, 15) is 9.50 Å². The molecular weight excluding hydrogens is 217 g/mol. The Morgan fingerprint density at radius 1 is 1.41 bits per heavy atom. The molecule has 0 amide bonds. The van der Waals surface area contributed by atoms with Gasteiger partial charge in [-0.1, -0.05) is 12.1 Å². The number of aliphatic hydroxyl groups excluding tert-OH is 1.